The molecule has 0 unspecified atom stereocenters. The minimum absolute atomic E-state index is 0.0570. The summed E-state index contributed by atoms with van der Waals surface area (Å²) in [5, 5.41) is 0. The fourth-order valence-electron chi connectivity index (χ4n) is 2.60. The van der Waals surface area contributed by atoms with Crippen LogP contribution in [0.15, 0.2) is 15.3 Å². The van der Waals surface area contributed by atoms with Crippen molar-refractivity contribution in [2.24, 2.45) is 11.8 Å². The highest BCUT2D eigenvalue weighted by Crippen LogP contribution is 2.20. The molecule has 0 radical (unpaired) electrons. The Kier molecular flexibility index (Phi) is 5.23. The van der Waals surface area contributed by atoms with Crippen molar-refractivity contribution in [2.45, 2.75) is 33.6 Å². The van der Waals surface area contributed by atoms with Gasteiger partial charge in [0, 0.05) is 19.5 Å². The van der Waals surface area contributed by atoms with Crippen LogP contribution < -0.4 is 5.63 Å². The number of likely N-dealkylation sites (tertiary alicyclic amines) is 1. The molecule has 0 saturated carbocycles. The average Bonchev–Trinajstić information content (AvgIpc) is 2.42. The summed E-state index contributed by atoms with van der Waals surface area (Å²) in [4.78, 5) is 37.4. The summed E-state index contributed by atoms with van der Waals surface area (Å²) in [5.74, 6) is 0.0994. The van der Waals surface area contributed by atoms with E-state index >= 15 is 0 Å². The molecule has 1 aliphatic rings. The Morgan fingerprint density at radius 1 is 1.39 bits per heavy atom. The van der Waals surface area contributed by atoms with E-state index in [0.717, 1.165) is 6.42 Å². The van der Waals surface area contributed by atoms with Gasteiger partial charge in [-0.2, -0.15) is 0 Å². The van der Waals surface area contributed by atoms with E-state index in [-0.39, 0.29) is 36.4 Å². The van der Waals surface area contributed by atoms with Gasteiger partial charge in [-0.25, -0.2) is 4.79 Å². The highest BCUT2D eigenvalue weighted by Gasteiger charge is 2.38. The van der Waals surface area contributed by atoms with Gasteiger partial charge >= 0.3 is 11.6 Å². The number of aryl methyl sites for hydroxylation is 2. The second-order valence-electron chi connectivity index (χ2n) is 6.42. The van der Waals surface area contributed by atoms with Gasteiger partial charge in [0.25, 0.3) is 5.91 Å². The van der Waals surface area contributed by atoms with Gasteiger partial charge < -0.3 is 14.1 Å². The van der Waals surface area contributed by atoms with Gasteiger partial charge in [0.15, 0.2) is 0 Å². The molecule has 0 atom stereocenters. The zero-order valence-corrected chi connectivity index (χ0v) is 14.0. The lowest BCUT2D eigenvalue weighted by Gasteiger charge is -2.37. The number of methoxy groups -OCH3 is 1. The molecule has 2 rings (SSSR count). The number of rotatable bonds is 5. The Morgan fingerprint density at radius 2 is 2.04 bits per heavy atom. The Morgan fingerprint density at radius 3 is 2.57 bits per heavy atom. The molecule has 23 heavy (non-hydrogen) atoms. The van der Waals surface area contributed by atoms with Crippen LogP contribution >= 0.6 is 0 Å². The summed E-state index contributed by atoms with van der Waals surface area (Å²) >= 11 is 0. The van der Waals surface area contributed by atoms with Crippen LogP contribution in [0.2, 0.25) is 0 Å². The highest BCUT2D eigenvalue weighted by molar-refractivity contribution is 5.96. The molecule has 1 aromatic rings. The van der Waals surface area contributed by atoms with Crippen LogP contribution in [0, 0.1) is 18.8 Å². The van der Waals surface area contributed by atoms with Crippen molar-refractivity contribution in [3.63, 3.8) is 0 Å². The van der Waals surface area contributed by atoms with Crippen molar-refractivity contribution in [1.82, 2.24) is 4.90 Å². The smallest absolute Gasteiger partial charge is 0.349 e. The first kappa shape index (κ1) is 17.2. The average molecular weight is 321 g/mol. The topological polar surface area (TPSA) is 76.8 Å². The van der Waals surface area contributed by atoms with Crippen LogP contribution in [0.1, 0.15) is 41.9 Å². The van der Waals surface area contributed by atoms with Crippen molar-refractivity contribution in [2.75, 3.05) is 20.2 Å². The van der Waals surface area contributed by atoms with Gasteiger partial charge in [0.2, 0.25) is 0 Å². The second-order valence-corrected chi connectivity index (χ2v) is 6.42. The molecular formula is C17H23NO5. The third kappa shape index (κ3) is 3.81. The molecule has 6 heteroatoms. The van der Waals surface area contributed by atoms with Gasteiger partial charge in [0.05, 0.1) is 13.0 Å². The van der Waals surface area contributed by atoms with Crippen molar-refractivity contribution >= 4 is 11.9 Å². The normalized spacial score (nSPS) is 14.7. The quantitative estimate of drug-likeness (QED) is 0.773. The molecule has 6 nitrogen and oxygen atoms in total. The summed E-state index contributed by atoms with van der Waals surface area (Å²) < 4.78 is 9.92. The van der Waals surface area contributed by atoms with Crippen molar-refractivity contribution < 1.29 is 18.7 Å². The number of hydrogen-bond acceptors (Lipinski definition) is 5. The third-order valence-electron chi connectivity index (χ3n) is 4.08. The number of carbonyl (C=O) groups excluding carboxylic acids is 2. The molecule has 0 aromatic carbocycles. The molecule has 1 saturated heterocycles. The Bertz CT molecular complexity index is 655. The first-order valence-electron chi connectivity index (χ1n) is 7.84. The van der Waals surface area contributed by atoms with E-state index in [1.807, 2.05) is 0 Å². The number of ether oxygens (including phenoxy) is 1. The molecule has 0 N–H and O–H groups in total. The van der Waals surface area contributed by atoms with E-state index in [9.17, 15) is 14.4 Å². The van der Waals surface area contributed by atoms with E-state index < -0.39 is 5.63 Å². The first-order chi connectivity index (χ1) is 10.8. The molecule has 126 valence electrons. The number of esters is 1. The van der Waals surface area contributed by atoms with E-state index in [2.05, 4.69) is 18.6 Å². The number of hydrogen-bond donors (Lipinski definition) is 0. The predicted molar refractivity (Wildman–Crippen MR) is 84.3 cm³/mol. The van der Waals surface area contributed by atoms with Gasteiger partial charge in [-0.1, -0.05) is 13.8 Å². The number of carbonyl (C=O) groups is 2. The largest absolute Gasteiger partial charge is 0.469 e. The Balaban J connectivity index is 2.10. The minimum Gasteiger partial charge on any atom is -0.469 e. The summed E-state index contributed by atoms with van der Waals surface area (Å²) in [6, 6.07) is 1.76. The molecule has 1 aliphatic heterocycles. The molecule has 1 aromatic heterocycles. The predicted octanol–water partition coefficient (Wildman–Crippen LogP) is 1.78. The summed E-state index contributed by atoms with van der Waals surface area (Å²) in [7, 11) is 1.32. The van der Waals surface area contributed by atoms with E-state index in [1.165, 1.54) is 12.0 Å². The maximum Gasteiger partial charge on any atom is 0.349 e. The van der Waals surface area contributed by atoms with E-state index in [1.54, 1.807) is 13.0 Å². The molecule has 0 spiro atoms. The monoisotopic (exact) mass is 321 g/mol. The van der Waals surface area contributed by atoms with Crippen molar-refractivity contribution in [1.29, 1.82) is 0 Å². The highest BCUT2D eigenvalue weighted by atomic mass is 16.5. The molecule has 1 amide bonds. The zero-order valence-electron chi connectivity index (χ0n) is 14.0. The molecule has 1 fully saturated rings. The fraction of sp³-hybridized carbons (Fsp3) is 0.588. The molecule has 2 heterocycles. The van der Waals surface area contributed by atoms with Crippen LogP contribution in [-0.4, -0.2) is 37.0 Å². The van der Waals surface area contributed by atoms with Crippen molar-refractivity contribution in [3.05, 3.63) is 33.4 Å². The van der Waals surface area contributed by atoms with Crippen LogP contribution in [-0.2, 0) is 16.0 Å². The minimum atomic E-state index is -0.602. The summed E-state index contributed by atoms with van der Waals surface area (Å²) in [5.41, 5.74) is 0.0726. The standard InChI is InChI=1S/C17H23NO5/c1-10(2)5-6-13-7-11(3)14(17(21)23-13)15(19)18-8-12(9-18)16(20)22-4/h7,10,12H,5-6,8-9H2,1-4H3. The maximum absolute atomic E-state index is 12.4. The first-order valence-corrected chi connectivity index (χ1v) is 7.84. The van der Waals surface area contributed by atoms with Gasteiger partial charge in [-0.15, -0.1) is 0 Å². The lowest BCUT2D eigenvalue weighted by Crippen LogP contribution is -2.54. The molecular weight excluding hydrogens is 298 g/mol. The summed E-state index contributed by atoms with van der Waals surface area (Å²) in [6.45, 7) is 6.49. The third-order valence-corrected chi connectivity index (χ3v) is 4.08. The number of nitrogens with zero attached hydrogens (tertiary/aromatic N) is 1. The van der Waals surface area contributed by atoms with E-state index in [0.29, 0.717) is 23.7 Å². The van der Waals surface area contributed by atoms with Crippen LogP contribution in [0.25, 0.3) is 0 Å². The fourth-order valence-corrected chi connectivity index (χ4v) is 2.60. The SMILES string of the molecule is COC(=O)C1CN(C(=O)c2c(C)cc(CCC(C)C)oc2=O)C1. The van der Waals surface area contributed by atoms with Gasteiger partial charge in [-0.05, 0) is 30.9 Å². The van der Waals surface area contributed by atoms with Crippen LogP contribution in [0.5, 0.6) is 0 Å². The number of amides is 1. The van der Waals surface area contributed by atoms with Crippen LogP contribution in [0.3, 0.4) is 0 Å². The molecule has 0 bridgehead atoms. The lowest BCUT2D eigenvalue weighted by molar-refractivity contribution is -0.149. The Labute approximate surface area is 135 Å². The van der Waals surface area contributed by atoms with Gasteiger partial charge in [0.1, 0.15) is 11.3 Å². The summed E-state index contributed by atoms with van der Waals surface area (Å²) in [6.07, 6.45) is 1.60. The second kappa shape index (κ2) is 6.98. The molecule has 0 aliphatic carbocycles. The van der Waals surface area contributed by atoms with Crippen molar-refractivity contribution in [3.8, 4) is 0 Å². The maximum atomic E-state index is 12.4. The lowest BCUT2D eigenvalue weighted by atomic mass is 9.98. The zero-order chi connectivity index (χ0) is 17.1. The van der Waals surface area contributed by atoms with Gasteiger partial charge in [-0.3, -0.25) is 9.59 Å². The van der Waals surface area contributed by atoms with Crippen LogP contribution in [0.4, 0.5) is 0 Å². The Hall–Kier alpha value is -2.11. The van der Waals surface area contributed by atoms with E-state index in [4.69, 9.17) is 4.42 Å².